The Labute approximate surface area is 275 Å². The average molecular weight is 618 g/mol. The van der Waals surface area contributed by atoms with Crippen LogP contribution in [0.3, 0.4) is 0 Å². The van der Waals surface area contributed by atoms with Crippen molar-refractivity contribution in [2.45, 2.75) is 6.17 Å². The van der Waals surface area contributed by atoms with Gasteiger partial charge in [0.15, 0.2) is 11.4 Å². The van der Waals surface area contributed by atoms with Crippen LogP contribution < -0.4 is 5.32 Å². The molecule has 0 fully saturated rings. The first-order valence-corrected chi connectivity index (χ1v) is 16.1. The van der Waals surface area contributed by atoms with Gasteiger partial charge in [-0.05, 0) is 47.2 Å². The first kappa shape index (κ1) is 26.7. The van der Waals surface area contributed by atoms with Crippen LogP contribution in [0, 0.1) is 0 Å². The number of fused-ring (bicyclic) bond motifs is 8. The fraction of sp³-hybridized carbons (Fsp3) is 0.0238. The van der Waals surface area contributed by atoms with Gasteiger partial charge in [-0.1, -0.05) is 109 Å². The summed E-state index contributed by atoms with van der Waals surface area (Å²) in [4.78, 5) is 15.2. The topological polar surface area (TPSA) is 67.7 Å². The molecule has 0 bridgehead atoms. The Hall–Kier alpha value is -6.53. The van der Waals surface area contributed by atoms with Crippen molar-refractivity contribution < 1.29 is 4.42 Å². The first-order valence-electron chi connectivity index (χ1n) is 16.1. The first-order chi connectivity index (χ1) is 23.8. The molecule has 1 atom stereocenters. The Morgan fingerprint density at radius 2 is 1.38 bits per heavy atom. The van der Waals surface area contributed by atoms with Crippen molar-refractivity contribution in [3.8, 4) is 5.82 Å². The molecule has 6 heteroatoms. The molecule has 0 aliphatic carbocycles. The fourth-order valence-electron chi connectivity index (χ4n) is 7.02. The number of amidine groups is 2. The van der Waals surface area contributed by atoms with Gasteiger partial charge in [-0.15, -0.1) is 0 Å². The molecule has 0 saturated carbocycles. The highest BCUT2D eigenvalue weighted by Crippen LogP contribution is 2.40. The zero-order valence-corrected chi connectivity index (χ0v) is 25.7. The van der Waals surface area contributed by atoms with Gasteiger partial charge < -0.3 is 9.73 Å². The lowest BCUT2D eigenvalue weighted by Crippen LogP contribution is -2.33. The molecule has 9 aromatic rings. The Morgan fingerprint density at radius 3 is 2.29 bits per heavy atom. The van der Waals surface area contributed by atoms with Gasteiger partial charge in [-0.2, -0.15) is 0 Å². The molecule has 1 aliphatic rings. The summed E-state index contributed by atoms with van der Waals surface area (Å²) in [6, 6.07) is 50.2. The maximum atomic E-state index is 6.56. The van der Waals surface area contributed by atoms with Crippen molar-refractivity contribution >= 4 is 66.2 Å². The smallest absolute Gasteiger partial charge is 0.160 e. The number of rotatable bonds is 4. The minimum absolute atomic E-state index is 0.389. The van der Waals surface area contributed by atoms with E-state index >= 15 is 0 Å². The molecule has 48 heavy (non-hydrogen) atoms. The number of hydrogen-bond donors (Lipinski definition) is 1. The minimum atomic E-state index is -0.389. The van der Waals surface area contributed by atoms with E-state index in [0.717, 1.165) is 77.5 Å². The monoisotopic (exact) mass is 617 g/mol. The molecule has 1 N–H and O–H groups in total. The van der Waals surface area contributed by atoms with Crippen molar-refractivity contribution in [2.75, 3.05) is 0 Å². The third-order valence-electron chi connectivity index (χ3n) is 9.29. The molecule has 1 aliphatic heterocycles. The number of hydrogen-bond acceptors (Lipinski definition) is 5. The number of aliphatic imine (C=N–C) groups is 2. The Bertz CT molecular complexity index is 2770. The van der Waals surface area contributed by atoms with Crippen molar-refractivity contribution in [3.05, 3.63) is 168 Å². The summed E-state index contributed by atoms with van der Waals surface area (Å²) in [7, 11) is 0. The lowest BCUT2D eigenvalue weighted by atomic mass is 10.1. The summed E-state index contributed by atoms with van der Waals surface area (Å²) < 4.78 is 8.79. The molecule has 0 spiro atoms. The number of para-hydroxylation sites is 2. The highest BCUT2D eigenvalue weighted by molar-refractivity contribution is 6.21. The van der Waals surface area contributed by atoms with E-state index in [2.05, 4.69) is 119 Å². The van der Waals surface area contributed by atoms with Crippen LogP contribution in [0.25, 0.3) is 60.3 Å². The molecular weight excluding hydrogens is 590 g/mol. The van der Waals surface area contributed by atoms with E-state index in [1.165, 1.54) is 5.39 Å². The van der Waals surface area contributed by atoms with E-state index in [4.69, 9.17) is 19.4 Å². The quantitative estimate of drug-likeness (QED) is 0.214. The molecule has 6 nitrogen and oxygen atoms in total. The van der Waals surface area contributed by atoms with Gasteiger partial charge in [0.25, 0.3) is 0 Å². The van der Waals surface area contributed by atoms with Gasteiger partial charge in [-0.3, -0.25) is 4.57 Å². The van der Waals surface area contributed by atoms with Crippen LogP contribution in [-0.4, -0.2) is 21.2 Å². The lowest BCUT2D eigenvalue weighted by molar-refractivity contribution is 0.669. The normalized spacial score (nSPS) is 14.9. The van der Waals surface area contributed by atoms with Crippen molar-refractivity contribution in [1.29, 1.82) is 0 Å². The Morgan fingerprint density at radius 1 is 0.604 bits per heavy atom. The van der Waals surface area contributed by atoms with Crippen LogP contribution in [0.15, 0.2) is 166 Å². The average Bonchev–Trinajstić information content (AvgIpc) is 3.71. The number of aromatic nitrogens is 2. The summed E-state index contributed by atoms with van der Waals surface area (Å²) in [5.41, 5.74) is 6.73. The van der Waals surface area contributed by atoms with Gasteiger partial charge in [0.05, 0.1) is 11.0 Å². The number of benzene rings is 6. The van der Waals surface area contributed by atoms with Crippen molar-refractivity contribution in [1.82, 2.24) is 14.9 Å². The molecule has 4 heterocycles. The molecule has 0 amide bonds. The van der Waals surface area contributed by atoms with E-state index in [0.29, 0.717) is 5.84 Å². The van der Waals surface area contributed by atoms with Crippen LogP contribution in [0.4, 0.5) is 0 Å². The van der Waals surface area contributed by atoms with E-state index < -0.39 is 0 Å². The van der Waals surface area contributed by atoms with Crippen molar-refractivity contribution in [2.24, 2.45) is 9.98 Å². The number of nitrogens with zero attached hydrogens (tertiary/aromatic N) is 4. The van der Waals surface area contributed by atoms with Crippen LogP contribution >= 0.6 is 0 Å². The number of nitrogens with one attached hydrogen (secondary N) is 1. The zero-order chi connectivity index (χ0) is 31.6. The highest BCUT2D eigenvalue weighted by atomic mass is 16.3. The fourth-order valence-corrected chi connectivity index (χ4v) is 7.02. The lowest BCUT2D eigenvalue weighted by Gasteiger charge is -2.24. The third kappa shape index (κ3) is 4.16. The molecule has 10 rings (SSSR count). The Balaban J connectivity index is 1.16. The summed E-state index contributed by atoms with van der Waals surface area (Å²) in [6.45, 7) is 0. The zero-order valence-electron chi connectivity index (χ0n) is 25.7. The minimum Gasteiger partial charge on any atom is -0.454 e. The molecule has 0 radical (unpaired) electrons. The predicted octanol–water partition coefficient (Wildman–Crippen LogP) is 9.73. The maximum absolute atomic E-state index is 6.56. The van der Waals surface area contributed by atoms with Crippen LogP contribution in [0.2, 0.25) is 0 Å². The SMILES string of the molecule is c1ccc(C2=NC(c3ccc4ccccc4c3)=NC(c3ccnc(-n4c5ccccc5c5ccc6c7ccccc7oc6c54)c3)N2)cc1. The molecule has 226 valence electrons. The highest BCUT2D eigenvalue weighted by Gasteiger charge is 2.24. The van der Waals surface area contributed by atoms with Gasteiger partial charge in [-0.25, -0.2) is 15.0 Å². The van der Waals surface area contributed by atoms with Gasteiger partial charge in [0.2, 0.25) is 0 Å². The van der Waals surface area contributed by atoms with E-state index in [-0.39, 0.29) is 6.17 Å². The molecular formula is C42H27N5O. The number of furan rings is 1. The second-order valence-electron chi connectivity index (χ2n) is 12.1. The van der Waals surface area contributed by atoms with E-state index in [9.17, 15) is 0 Å². The molecule has 3 aromatic heterocycles. The second kappa shape index (κ2) is 10.5. The van der Waals surface area contributed by atoms with Crippen molar-refractivity contribution in [3.63, 3.8) is 0 Å². The molecule has 1 unspecified atom stereocenters. The maximum Gasteiger partial charge on any atom is 0.160 e. The van der Waals surface area contributed by atoms with Gasteiger partial charge in [0.1, 0.15) is 23.4 Å². The third-order valence-corrected chi connectivity index (χ3v) is 9.29. The number of pyridine rings is 1. The van der Waals surface area contributed by atoms with Crippen LogP contribution in [0.1, 0.15) is 22.9 Å². The second-order valence-corrected chi connectivity index (χ2v) is 12.1. The molecule has 6 aromatic carbocycles. The largest absolute Gasteiger partial charge is 0.454 e. The summed E-state index contributed by atoms with van der Waals surface area (Å²) >= 11 is 0. The van der Waals surface area contributed by atoms with E-state index in [1.807, 2.05) is 42.6 Å². The van der Waals surface area contributed by atoms with E-state index in [1.54, 1.807) is 0 Å². The van der Waals surface area contributed by atoms with Gasteiger partial charge in [0, 0.05) is 44.4 Å². The predicted molar refractivity (Wildman–Crippen MR) is 195 cm³/mol. The summed E-state index contributed by atoms with van der Waals surface area (Å²) in [5.74, 6) is 2.25. The van der Waals surface area contributed by atoms with Crippen LogP contribution in [0.5, 0.6) is 0 Å². The van der Waals surface area contributed by atoms with Gasteiger partial charge >= 0.3 is 0 Å². The molecule has 0 saturated heterocycles. The summed E-state index contributed by atoms with van der Waals surface area (Å²) in [6.07, 6.45) is 1.48. The standard InChI is InChI=1S/C42H27N5O/c1-2-11-27(12-3-1)40-44-41(29-19-18-26-10-4-5-13-28(26)24-29)46-42(45-40)30-22-23-43-37(25-30)47-35-16-8-6-14-31(35)33-20-21-34-32-15-7-9-17-36(32)48-39(34)38(33)47/h1-25,42H,(H,44,45,46). The Kier molecular flexibility index (Phi) is 5.84. The van der Waals surface area contributed by atoms with Crippen LogP contribution in [-0.2, 0) is 0 Å². The summed E-state index contributed by atoms with van der Waals surface area (Å²) in [5, 5.41) is 10.4.